The zero-order chi connectivity index (χ0) is 29.7. The second-order valence-electron chi connectivity index (χ2n) is 10.5. The van der Waals surface area contributed by atoms with Crippen LogP contribution in [0, 0.1) is 0 Å². The Hall–Kier alpha value is -2.78. The number of rotatable bonds is 10. The third-order valence-electron chi connectivity index (χ3n) is 5.91. The van der Waals surface area contributed by atoms with Gasteiger partial charge in [0.15, 0.2) is 0 Å². The molecule has 1 atom stereocenters. The van der Waals surface area contributed by atoms with Gasteiger partial charge in [0, 0.05) is 23.5 Å². The van der Waals surface area contributed by atoms with Crippen LogP contribution < -0.4 is 9.62 Å². The number of carbonyl (C=O) groups excluding carboxylic acids is 2. The van der Waals surface area contributed by atoms with Gasteiger partial charge in [0.05, 0.1) is 22.0 Å². The van der Waals surface area contributed by atoms with Gasteiger partial charge in [0.25, 0.3) is 0 Å². The molecule has 3 rings (SSSR count). The quantitative estimate of drug-likeness (QED) is 0.301. The van der Waals surface area contributed by atoms with E-state index in [1.165, 1.54) is 23.1 Å². The van der Waals surface area contributed by atoms with Crippen LogP contribution in [0.1, 0.15) is 31.9 Å². The van der Waals surface area contributed by atoms with E-state index in [1.54, 1.807) is 24.3 Å². The summed E-state index contributed by atoms with van der Waals surface area (Å²) < 4.78 is 26.7. The molecule has 3 aromatic rings. The van der Waals surface area contributed by atoms with Crippen LogP contribution in [-0.4, -0.2) is 49.5 Å². The SMILES string of the molecule is CC(C)(C)NC(=O)C(Cc1ccccc1)N(Cc1ccc(Cl)cc1)C(=O)CN(c1ccc(Cl)c(Cl)c1)S(C)(=O)=O. The zero-order valence-corrected chi connectivity index (χ0v) is 25.8. The molecule has 0 radical (unpaired) electrons. The van der Waals surface area contributed by atoms with Gasteiger partial charge in [-0.15, -0.1) is 0 Å². The minimum atomic E-state index is -3.92. The molecule has 0 saturated heterocycles. The zero-order valence-electron chi connectivity index (χ0n) is 22.7. The smallest absolute Gasteiger partial charge is 0.244 e. The van der Waals surface area contributed by atoms with Crippen LogP contribution >= 0.6 is 34.8 Å². The molecule has 0 saturated carbocycles. The molecule has 1 N–H and O–H groups in total. The molecular weight excluding hydrogens is 593 g/mol. The van der Waals surface area contributed by atoms with E-state index in [9.17, 15) is 18.0 Å². The van der Waals surface area contributed by atoms with E-state index in [0.717, 1.165) is 21.7 Å². The van der Waals surface area contributed by atoms with Gasteiger partial charge in [-0.25, -0.2) is 8.42 Å². The molecular formula is C29H32Cl3N3O4S. The van der Waals surface area contributed by atoms with Gasteiger partial charge >= 0.3 is 0 Å². The van der Waals surface area contributed by atoms with Crippen molar-refractivity contribution in [1.29, 1.82) is 0 Å². The highest BCUT2D eigenvalue weighted by Crippen LogP contribution is 2.29. The molecule has 1 unspecified atom stereocenters. The number of benzene rings is 3. The molecule has 0 aliphatic carbocycles. The lowest BCUT2D eigenvalue weighted by Crippen LogP contribution is -2.56. The summed E-state index contributed by atoms with van der Waals surface area (Å²) in [5.74, 6) is -0.935. The van der Waals surface area contributed by atoms with Gasteiger partial charge in [-0.2, -0.15) is 0 Å². The number of anilines is 1. The normalized spacial score (nSPS) is 12.5. The van der Waals surface area contributed by atoms with Crippen LogP contribution in [0.4, 0.5) is 5.69 Å². The van der Waals surface area contributed by atoms with Crippen molar-refractivity contribution in [2.45, 2.75) is 45.3 Å². The van der Waals surface area contributed by atoms with Gasteiger partial charge in [0.1, 0.15) is 12.6 Å². The van der Waals surface area contributed by atoms with Crippen molar-refractivity contribution in [3.63, 3.8) is 0 Å². The lowest BCUT2D eigenvalue weighted by atomic mass is 10.0. The summed E-state index contributed by atoms with van der Waals surface area (Å²) >= 11 is 18.3. The number of nitrogens with one attached hydrogen (secondary N) is 1. The third kappa shape index (κ3) is 9.13. The maximum Gasteiger partial charge on any atom is 0.244 e. The first kappa shape index (κ1) is 31.7. The predicted molar refractivity (Wildman–Crippen MR) is 162 cm³/mol. The van der Waals surface area contributed by atoms with Gasteiger partial charge in [0.2, 0.25) is 21.8 Å². The Labute approximate surface area is 251 Å². The number of sulfonamides is 1. The standard InChI is InChI=1S/C29H32Cl3N3O4S/c1-29(2,3)33-28(37)26(16-20-8-6-5-7-9-20)34(18-21-10-12-22(30)13-11-21)27(36)19-35(40(4,38)39)23-14-15-24(31)25(32)17-23/h5-15,17,26H,16,18-19H2,1-4H3,(H,33,37). The maximum absolute atomic E-state index is 14.1. The predicted octanol–water partition coefficient (Wildman–Crippen LogP) is 5.97. The lowest BCUT2D eigenvalue weighted by Gasteiger charge is -2.35. The monoisotopic (exact) mass is 623 g/mol. The number of halogens is 3. The molecule has 0 bridgehead atoms. The van der Waals surface area contributed by atoms with Crippen LogP contribution in [0.3, 0.4) is 0 Å². The molecule has 0 fully saturated rings. The summed E-state index contributed by atoms with van der Waals surface area (Å²) in [4.78, 5) is 29.2. The highest BCUT2D eigenvalue weighted by Gasteiger charge is 2.34. The third-order valence-corrected chi connectivity index (χ3v) is 8.04. The largest absolute Gasteiger partial charge is 0.350 e. The van der Waals surface area contributed by atoms with Gasteiger partial charge in [-0.3, -0.25) is 13.9 Å². The second-order valence-corrected chi connectivity index (χ2v) is 13.6. The Balaban J connectivity index is 2.08. The Bertz CT molecular complexity index is 1440. The van der Waals surface area contributed by atoms with Crippen molar-refractivity contribution in [3.8, 4) is 0 Å². The minimum absolute atomic E-state index is 0.0457. The molecule has 214 valence electrons. The van der Waals surface area contributed by atoms with Crippen molar-refractivity contribution in [2.75, 3.05) is 17.1 Å². The fraction of sp³-hybridized carbons (Fsp3) is 0.310. The van der Waals surface area contributed by atoms with Gasteiger partial charge in [-0.05, 0) is 62.2 Å². The Morgan fingerprint density at radius 2 is 1.50 bits per heavy atom. The van der Waals surface area contributed by atoms with Crippen LogP contribution in [-0.2, 0) is 32.6 Å². The highest BCUT2D eigenvalue weighted by molar-refractivity contribution is 7.92. The van der Waals surface area contributed by atoms with E-state index in [4.69, 9.17) is 34.8 Å². The van der Waals surface area contributed by atoms with E-state index < -0.39 is 34.1 Å². The Kier molecular flexibility index (Phi) is 10.5. The van der Waals surface area contributed by atoms with Gasteiger partial charge in [-0.1, -0.05) is 77.3 Å². The average Bonchev–Trinajstić information content (AvgIpc) is 2.86. The van der Waals surface area contributed by atoms with Gasteiger partial charge < -0.3 is 10.2 Å². The van der Waals surface area contributed by atoms with Crippen LogP contribution in [0.25, 0.3) is 0 Å². The highest BCUT2D eigenvalue weighted by atomic mass is 35.5. The molecule has 0 aliphatic rings. The number of amides is 2. The molecule has 11 heteroatoms. The Morgan fingerprint density at radius 3 is 2.05 bits per heavy atom. The topological polar surface area (TPSA) is 86.8 Å². The van der Waals surface area contributed by atoms with Crippen molar-refractivity contribution >= 4 is 62.3 Å². The average molecular weight is 625 g/mol. The fourth-order valence-electron chi connectivity index (χ4n) is 4.05. The molecule has 2 amide bonds. The molecule has 3 aromatic carbocycles. The first-order chi connectivity index (χ1) is 18.6. The first-order valence-electron chi connectivity index (χ1n) is 12.5. The van der Waals surface area contributed by atoms with E-state index >= 15 is 0 Å². The molecule has 40 heavy (non-hydrogen) atoms. The van der Waals surface area contributed by atoms with Crippen molar-refractivity contribution < 1.29 is 18.0 Å². The summed E-state index contributed by atoms with van der Waals surface area (Å²) in [6.45, 7) is 5.05. The Morgan fingerprint density at radius 1 is 0.875 bits per heavy atom. The lowest BCUT2D eigenvalue weighted by molar-refractivity contribution is -0.140. The van der Waals surface area contributed by atoms with E-state index in [1.807, 2.05) is 51.1 Å². The van der Waals surface area contributed by atoms with Crippen LogP contribution in [0.15, 0.2) is 72.8 Å². The summed E-state index contributed by atoms with van der Waals surface area (Å²) in [6, 6.07) is 19.6. The van der Waals surface area contributed by atoms with E-state index in [-0.39, 0.29) is 34.6 Å². The molecule has 0 aliphatic heterocycles. The number of nitrogens with zero attached hydrogens (tertiary/aromatic N) is 2. The number of carbonyl (C=O) groups is 2. The summed E-state index contributed by atoms with van der Waals surface area (Å²) in [5, 5.41) is 3.89. The molecule has 7 nitrogen and oxygen atoms in total. The summed E-state index contributed by atoms with van der Waals surface area (Å²) in [7, 11) is -3.92. The summed E-state index contributed by atoms with van der Waals surface area (Å²) in [6.07, 6.45) is 1.22. The summed E-state index contributed by atoms with van der Waals surface area (Å²) in [5.41, 5.74) is 1.17. The molecule has 0 heterocycles. The van der Waals surface area contributed by atoms with Crippen molar-refractivity contribution in [1.82, 2.24) is 10.2 Å². The number of hydrogen-bond donors (Lipinski definition) is 1. The van der Waals surface area contributed by atoms with Crippen LogP contribution in [0.2, 0.25) is 15.1 Å². The van der Waals surface area contributed by atoms with E-state index in [0.29, 0.717) is 5.02 Å². The molecule has 0 aromatic heterocycles. The van der Waals surface area contributed by atoms with Crippen molar-refractivity contribution in [2.24, 2.45) is 0 Å². The second kappa shape index (κ2) is 13.3. The first-order valence-corrected chi connectivity index (χ1v) is 15.4. The van der Waals surface area contributed by atoms with Crippen LogP contribution in [0.5, 0.6) is 0 Å². The van der Waals surface area contributed by atoms with Crippen molar-refractivity contribution in [3.05, 3.63) is 99.0 Å². The number of hydrogen-bond acceptors (Lipinski definition) is 4. The van der Waals surface area contributed by atoms with E-state index in [2.05, 4.69) is 5.32 Å². The maximum atomic E-state index is 14.1. The fourth-order valence-corrected chi connectivity index (χ4v) is 5.31. The minimum Gasteiger partial charge on any atom is -0.350 e. The molecule has 0 spiro atoms.